The second kappa shape index (κ2) is 7.68. The average molecular weight is 404 g/mol. The number of amides is 1. The normalized spacial score (nSPS) is 16.3. The highest BCUT2D eigenvalue weighted by molar-refractivity contribution is 7.98. The van der Waals surface area contributed by atoms with Gasteiger partial charge in [-0.25, -0.2) is 8.42 Å². The molecule has 0 unspecified atom stereocenters. The lowest BCUT2D eigenvalue weighted by Crippen LogP contribution is -2.47. The molecule has 0 spiro atoms. The fourth-order valence-corrected chi connectivity index (χ4v) is 6.55. The third-order valence-electron chi connectivity index (χ3n) is 5.30. The summed E-state index contributed by atoms with van der Waals surface area (Å²) in [6.45, 7) is 3.66. The minimum atomic E-state index is -3.81. The molecule has 27 heavy (non-hydrogen) atoms. The summed E-state index contributed by atoms with van der Waals surface area (Å²) in [5, 5.41) is 2.88. The van der Waals surface area contributed by atoms with Crippen LogP contribution < -0.4 is 5.32 Å². The molecule has 1 saturated carbocycles. The van der Waals surface area contributed by atoms with Crippen LogP contribution in [0, 0.1) is 13.8 Å². The van der Waals surface area contributed by atoms with Crippen molar-refractivity contribution in [2.75, 3.05) is 11.6 Å². The fraction of sp³-hybridized carbons (Fsp3) is 0.381. The predicted octanol–water partition coefficient (Wildman–Crippen LogP) is 4.75. The van der Waals surface area contributed by atoms with Gasteiger partial charge in [-0.3, -0.25) is 4.79 Å². The molecule has 1 aliphatic carbocycles. The standard InChI is InChI=1S/C21H25NO3S2/c1-15-9-10-16(2)19(13-15)27(24,25)21(11-4-5-12-21)20(23)22-17-7-6-8-18(14-17)26-3/h6-10,13-14H,4-5,11-12H2,1-3H3,(H,22,23). The first-order valence-corrected chi connectivity index (χ1v) is 11.8. The minimum absolute atomic E-state index is 0.275. The topological polar surface area (TPSA) is 63.2 Å². The summed E-state index contributed by atoms with van der Waals surface area (Å²) in [6, 6.07) is 12.9. The summed E-state index contributed by atoms with van der Waals surface area (Å²) in [4.78, 5) is 14.5. The molecule has 3 rings (SSSR count). The second-order valence-corrected chi connectivity index (χ2v) is 10.3. The van der Waals surface area contributed by atoms with Crippen molar-refractivity contribution in [2.45, 2.75) is 54.1 Å². The molecule has 4 nitrogen and oxygen atoms in total. The lowest BCUT2D eigenvalue weighted by atomic mass is 10.1. The third kappa shape index (κ3) is 3.65. The van der Waals surface area contributed by atoms with Crippen molar-refractivity contribution in [3.8, 4) is 0 Å². The Kier molecular flexibility index (Phi) is 5.68. The number of hydrogen-bond donors (Lipinski definition) is 1. The van der Waals surface area contributed by atoms with E-state index < -0.39 is 20.5 Å². The molecule has 1 N–H and O–H groups in total. The predicted molar refractivity (Wildman–Crippen MR) is 111 cm³/mol. The maximum atomic E-state index is 13.6. The lowest BCUT2D eigenvalue weighted by Gasteiger charge is -2.28. The molecule has 144 valence electrons. The smallest absolute Gasteiger partial charge is 0.246 e. The van der Waals surface area contributed by atoms with Gasteiger partial charge in [0.1, 0.15) is 0 Å². The maximum Gasteiger partial charge on any atom is 0.246 e. The van der Waals surface area contributed by atoms with E-state index in [0.717, 1.165) is 23.3 Å². The first kappa shape index (κ1) is 20.0. The molecule has 1 fully saturated rings. The van der Waals surface area contributed by atoms with Gasteiger partial charge in [0.25, 0.3) is 0 Å². The summed E-state index contributed by atoms with van der Waals surface area (Å²) >= 11 is 1.58. The fourth-order valence-electron chi connectivity index (χ4n) is 3.72. The van der Waals surface area contributed by atoms with Gasteiger partial charge in [-0.2, -0.15) is 0 Å². The SMILES string of the molecule is CSc1cccc(NC(=O)C2(S(=O)(=O)c3cc(C)ccc3C)CCCC2)c1. The number of hydrogen-bond acceptors (Lipinski definition) is 4. The number of benzene rings is 2. The van der Waals surface area contributed by atoms with Crippen molar-refractivity contribution < 1.29 is 13.2 Å². The monoisotopic (exact) mass is 403 g/mol. The lowest BCUT2D eigenvalue weighted by molar-refractivity contribution is -0.118. The Morgan fingerprint density at radius 2 is 1.78 bits per heavy atom. The number of rotatable bonds is 5. The van der Waals surface area contributed by atoms with Crippen LogP contribution in [0.2, 0.25) is 0 Å². The molecular weight excluding hydrogens is 378 g/mol. The Balaban J connectivity index is 2.02. The molecule has 0 aromatic heterocycles. The van der Waals surface area contributed by atoms with Crippen LogP contribution in [0.1, 0.15) is 36.8 Å². The molecule has 2 aromatic carbocycles. The van der Waals surface area contributed by atoms with E-state index in [4.69, 9.17) is 0 Å². The van der Waals surface area contributed by atoms with Gasteiger partial charge in [0.2, 0.25) is 5.91 Å². The van der Waals surface area contributed by atoms with Crippen LogP contribution in [-0.4, -0.2) is 25.3 Å². The van der Waals surface area contributed by atoms with E-state index in [9.17, 15) is 13.2 Å². The highest BCUT2D eigenvalue weighted by Gasteiger charge is 2.53. The zero-order chi connectivity index (χ0) is 19.7. The first-order chi connectivity index (χ1) is 12.8. The number of anilines is 1. The molecule has 1 amide bonds. The van der Waals surface area contributed by atoms with E-state index in [2.05, 4.69) is 5.32 Å². The molecule has 1 aliphatic rings. The molecule has 0 bridgehead atoms. The van der Waals surface area contributed by atoms with Crippen LogP contribution in [0.5, 0.6) is 0 Å². The number of nitrogens with one attached hydrogen (secondary N) is 1. The van der Waals surface area contributed by atoms with Crippen LogP contribution >= 0.6 is 11.8 Å². The van der Waals surface area contributed by atoms with Gasteiger partial charge >= 0.3 is 0 Å². The molecular formula is C21H25NO3S2. The van der Waals surface area contributed by atoms with Crippen LogP contribution in [0.3, 0.4) is 0 Å². The Labute approximate surface area is 165 Å². The highest BCUT2D eigenvalue weighted by atomic mass is 32.2. The van der Waals surface area contributed by atoms with Gasteiger partial charge in [-0.15, -0.1) is 11.8 Å². The van der Waals surface area contributed by atoms with E-state index in [1.165, 1.54) is 0 Å². The van der Waals surface area contributed by atoms with Gasteiger partial charge in [0, 0.05) is 10.6 Å². The third-order valence-corrected chi connectivity index (χ3v) is 8.67. The summed E-state index contributed by atoms with van der Waals surface area (Å²) in [6.07, 6.45) is 4.16. The number of sulfone groups is 1. The van der Waals surface area contributed by atoms with Crippen molar-refractivity contribution in [3.63, 3.8) is 0 Å². The van der Waals surface area contributed by atoms with Gasteiger partial charge in [-0.1, -0.05) is 31.0 Å². The Bertz CT molecular complexity index is 961. The molecule has 2 aromatic rings. The molecule has 0 atom stereocenters. The number of carbonyl (C=O) groups excluding carboxylic acids is 1. The largest absolute Gasteiger partial charge is 0.325 e. The Morgan fingerprint density at radius 3 is 2.44 bits per heavy atom. The summed E-state index contributed by atoms with van der Waals surface area (Å²) in [5.74, 6) is -0.417. The molecule has 0 aliphatic heterocycles. The number of carbonyl (C=O) groups is 1. The van der Waals surface area contributed by atoms with Gasteiger partial charge in [-0.05, 0) is 68.3 Å². The molecule has 6 heteroatoms. The number of aryl methyl sites for hydroxylation is 2. The summed E-state index contributed by atoms with van der Waals surface area (Å²) < 4.78 is 25.8. The second-order valence-electron chi connectivity index (χ2n) is 7.16. The Morgan fingerprint density at radius 1 is 1.07 bits per heavy atom. The van der Waals surface area contributed by atoms with Crippen LogP contribution in [-0.2, 0) is 14.6 Å². The van der Waals surface area contributed by atoms with Crippen LogP contribution in [0.4, 0.5) is 5.69 Å². The summed E-state index contributed by atoms with van der Waals surface area (Å²) in [5.41, 5.74) is 2.19. The van der Waals surface area contributed by atoms with Crippen molar-refractivity contribution in [1.82, 2.24) is 0 Å². The molecule has 0 saturated heterocycles. The average Bonchev–Trinajstić information content (AvgIpc) is 3.15. The molecule has 0 radical (unpaired) electrons. The van der Waals surface area contributed by atoms with E-state index in [1.54, 1.807) is 30.8 Å². The van der Waals surface area contributed by atoms with Crippen LogP contribution in [0.25, 0.3) is 0 Å². The van der Waals surface area contributed by atoms with E-state index in [-0.39, 0.29) is 4.90 Å². The molecule has 0 heterocycles. The first-order valence-electron chi connectivity index (χ1n) is 9.07. The van der Waals surface area contributed by atoms with Crippen molar-refractivity contribution in [2.24, 2.45) is 0 Å². The van der Waals surface area contributed by atoms with Gasteiger partial charge < -0.3 is 5.32 Å². The highest BCUT2D eigenvalue weighted by Crippen LogP contribution is 2.42. The van der Waals surface area contributed by atoms with E-state index >= 15 is 0 Å². The van der Waals surface area contributed by atoms with Gasteiger partial charge in [0.05, 0.1) is 4.90 Å². The van der Waals surface area contributed by atoms with E-state index in [0.29, 0.717) is 24.1 Å². The number of thioether (sulfide) groups is 1. The van der Waals surface area contributed by atoms with Crippen molar-refractivity contribution >= 4 is 33.2 Å². The zero-order valence-corrected chi connectivity index (χ0v) is 17.5. The van der Waals surface area contributed by atoms with Crippen LogP contribution in [0.15, 0.2) is 52.3 Å². The Hall–Kier alpha value is -1.79. The maximum absolute atomic E-state index is 13.6. The summed E-state index contributed by atoms with van der Waals surface area (Å²) in [7, 11) is -3.81. The quantitative estimate of drug-likeness (QED) is 0.732. The minimum Gasteiger partial charge on any atom is -0.325 e. The van der Waals surface area contributed by atoms with Crippen molar-refractivity contribution in [1.29, 1.82) is 0 Å². The van der Waals surface area contributed by atoms with Crippen molar-refractivity contribution in [3.05, 3.63) is 53.6 Å². The van der Waals surface area contributed by atoms with Gasteiger partial charge in [0.15, 0.2) is 14.6 Å². The van der Waals surface area contributed by atoms with E-state index in [1.807, 2.05) is 43.5 Å². The zero-order valence-electron chi connectivity index (χ0n) is 15.9.